The molecule has 0 fully saturated rings. The number of ether oxygens (including phenoxy) is 4. The molecule has 12 heteroatoms. The molecule has 0 aliphatic rings. The van der Waals surface area contributed by atoms with Gasteiger partial charge < -0.3 is 30.4 Å². The summed E-state index contributed by atoms with van der Waals surface area (Å²) >= 11 is 0. The van der Waals surface area contributed by atoms with Crippen LogP contribution in [0.15, 0.2) is 12.1 Å². The molecule has 3 aromatic heterocycles. The molecule has 0 aliphatic heterocycles. The Morgan fingerprint density at radius 1 is 0.720 bits per heavy atom. The Morgan fingerprint density at radius 3 is 1.80 bits per heavy atom. The smallest absolute Gasteiger partial charge is 0.260 e. The van der Waals surface area contributed by atoms with Gasteiger partial charge in [0.05, 0.1) is 40.6 Å². The quantitative estimate of drug-likeness (QED) is 0.641. The Hall–Kier alpha value is -3.57. The van der Waals surface area contributed by atoms with E-state index in [-0.39, 0.29) is 11.9 Å². The highest BCUT2D eigenvalue weighted by Gasteiger charge is 2.09. The lowest BCUT2D eigenvalue weighted by atomic mass is 10.6. The normalized spacial score (nSPS) is 9.92. The molecule has 0 unspecified atom stereocenters. The van der Waals surface area contributed by atoms with Crippen molar-refractivity contribution in [1.29, 1.82) is 0 Å². The van der Waals surface area contributed by atoms with Gasteiger partial charge in [-0.2, -0.15) is 24.5 Å². The van der Waals surface area contributed by atoms with Gasteiger partial charge in [-0.25, -0.2) is 0 Å². The summed E-state index contributed by atoms with van der Waals surface area (Å²) in [5, 5.41) is 3.90. The number of rotatable bonds is 4. The fourth-order valence-electron chi connectivity index (χ4n) is 1.72. The average Bonchev–Trinajstić information content (AvgIpc) is 3.00. The van der Waals surface area contributed by atoms with E-state index in [9.17, 15) is 0 Å². The molecule has 0 amide bonds. The highest BCUT2D eigenvalue weighted by molar-refractivity contribution is 5.40. The average molecular weight is 350 g/mol. The van der Waals surface area contributed by atoms with Gasteiger partial charge in [0, 0.05) is 0 Å². The van der Waals surface area contributed by atoms with Gasteiger partial charge in [0.25, 0.3) is 5.78 Å². The van der Waals surface area contributed by atoms with Gasteiger partial charge in [-0.3, -0.25) is 0 Å². The second kappa shape index (κ2) is 7.81. The molecular formula is C13H18N8O4. The molecule has 0 saturated heterocycles. The molecule has 134 valence electrons. The van der Waals surface area contributed by atoms with Crippen molar-refractivity contribution < 1.29 is 18.9 Å². The third-order valence-corrected chi connectivity index (χ3v) is 2.81. The molecule has 3 rings (SSSR count). The lowest BCUT2D eigenvalue weighted by Crippen LogP contribution is -1.99. The third-order valence-electron chi connectivity index (χ3n) is 2.81. The molecule has 25 heavy (non-hydrogen) atoms. The van der Waals surface area contributed by atoms with Crippen LogP contribution in [0.4, 0.5) is 11.9 Å². The monoisotopic (exact) mass is 350 g/mol. The first-order valence-corrected chi connectivity index (χ1v) is 6.84. The topological polar surface area (TPSA) is 158 Å². The summed E-state index contributed by atoms with van der Waals surface area (Å²) in [6.07, 6.45) is 0. The number of nitrogens with zero attached hydrogens (tertiary/aromatic N) is 6. The van der Waals surface area contributed by atoms with Gasteiger partial charge in [-0.05, 0) is 0 Å². The zero-order valence-corrected chi connectivity index (χ0v) is 14.1. The van der Waals surface area contributed by atoms with E-state index in [1.165, 1.54) is 33.0 Å². The van der Waals surface area contributed by atoms with Crippen molar-refractivity contribution in [3.63, 3.8) is 0 Å². The molecule has 0 atom stereocenters. The molecule has 0 aromatic carbocycles. The predicted molar refractivity (Wildman–Crippen MR) is 87.8 cm³/mol. The summed E-state index contributed by atoms with van der Waals surface area (Å²) < 4.78 is 21.1. The van der Waals surface area contributed by atoms with Crippen molar-refractivity contribution in [1.82, 2.24) is 29.5 Å². The van der Waals surface area contributed by atoms with Crippen LogP contribution in [0.5, 0.6) is 23.5 Å². The van der Waals surface area contributed by atoms with Crippen LogP contribution in [-0.2, 0) is 0 Å². The fourth-order valence-corrected chi connectivity index (χ4v) is 1.72. The van der Waals surface area contributed by atoms with Gasteiger partial charge >= 0.3 is 0 Å². The number of hydrogen-bond donors (Lipinski definition) is 2. The summed E-state index contributed by atoms with van der Waals surface area (Å²) in [7, 11) is 6.03. The summed E-state index contributed by atoms with van der Waals surface area (Å²) in [4.78, 5) is 15.4. The number of hydrogen-bond acceptors (Lipinski definition) is 11. The molecule has 0 radical (unpaired) electrons. The van der Waals surface area contributed by atoms with Crippen molar-refractivity contribution in [3.05, 3.63) is 12.1 Å². The zero-order valence-electron chi connectivity index (χ0n) is 14.1. The van der Waals surface area contributed by atoms with Crippen LogP contribution in [0.1, 0.15) is 0 Å². The van der Waals surface area contributed by atoms with E-state index in [0.717, 1.165) is 0 Å². The Morgan fingerprint density at radius 2 is 1.28 bits per heavy atom. The second-order valence-electron chi connectivity index (χ2n) is 4.33. The number of fused-ring (bicyclic) bond motifs is 1. The number of anilines is 2. The first kappa shape index (κ1) is 17.8. The minimum absolute atomic E-state index is 0.140. The number of methoxy groups -OCH3 is 4. The van der Waals surface area contributed by atoms with E-state index >= 15 is 0 Å². The molecular weight excluding hydrogens is 332 g/mol. The Bertz CT molecular complexity index is 831. The molecule has 12 nitrogen and oxygen atoms in total. The Balaban J connectivity index is 0.000000186. The minimum atomic E-state index is 0.140. The van der Waals surface area contributed by atoms with E-state index in [4.69, 9.17) is 30.4 Å². The van der Waals surface area contributed by atoms with Crippen LogP contribution >= 0.6 is 0 Å². The minimum Gasteiger partial charge on any atom is -0.481 e. The van der Waals surface area contributed by atoms with Crippen molar-refractivity contribution in [2.75, 3.05) is 39.9 Å². The van der Waals surface area contributed by atoms with Gasteiger partial charge in [-0.1, -0.05) is 0 Å². The largest absolute Gasteiger partial charge is 0.481 e. The summed E-state index contributed by atoms with van der Waals surface area (Å²) in [5.41, 5.74) is 10.8. The van der Waals surface area contributed by atoms with E-state index in [0.29, 0.717) is 29.3 Å². The lowest BCUT2D eigenvalue weighted by molar-refractivity contribution is 0.365. The van der Waals surface area contributed by atoms with E-state index in [1.807, 2.05) is 0 Å². The summed E-state index contributed by atoms with van der Waals surface area (Å²) in [6.45, 7) is 0. The molecule has 0 saturated carbocycles. The van der Waals surface area contributed by atoms with Crippen LogP contribution in [0.25, 0.3) is 5.78 Å². The van der Waals surface area contributed by atoms with Crippen molar-refractivity contribution >= 4 is 17.7 Å². The van der Waals surface area contributed by atoms with Gasteiger partial charge in [0.1, 0.15) is 0 Å². The molecule has 4 N–H and O–H groups in total. The first-order valence-electron chi connectivity index (χ1n) is 6.84. The zero-order chi connectivity index (χ0) is 18.4. The standard InChI is InChI=1S/C7H9N5O2.C6H9N3O2/c1-13-4-3-5(14-2)12-7(9-4)10-6(8)11-12;1-10-4-3-5(11-2)9-6(7)8-4/h3H,1-2H3,(H2,8,11);3H,1-2H3,(H2,7,8,9). The van der Waals surface area contributed by atoms with Crippen LogP contribution in [0, 0.1) is 0 Å². The molecule has 0 bridgehead atoms. The maximum absolute atomic E-state index is 5.43. The van der Waals surface area contributed by atoms with E-state index in [1.54, 1.807) is 12.1 Å². The highest BCUT2D eigenvalue weighted by atomic mass is 16.5. The van der Waals surface area contributed by atoms with Gasteiger partial charge in [0.2, 0.25) is 35.4 Å². The lowest BCUT2D eigenvalue weighted by Gasteiger charge is -2.03. The van der Waals surface area contributed by atoms with Crippen LogP contribution in [0.3, 0.4) is 0 Å². The third kappa shape index (κ3) is 4.25. The predicted octanol–water partition coefficient (Wildman–Crippen LogP) is -0.200. The van der Waals surface area contributed by atoms with E-state index < -0.39 is 0 Å². The van der Waals surface area contributed by atoms with Crippen molar-refractivity contribution in [3.8, 4) is 23.5 Å². The molecule has 0 aliphatic carbocycles. The molecule has 3 heterocycles. The maximum Gasteiger partial charge on any atom is 0.260 e. The summed E-state index contributed by atoms with van der Waals surface area (Å²) in [5.74, 6) is 2.30. The summed E-state index contributed by atoms with van der Waals surface area (Å²) in [6, 6.07) is 3.15. The van der Waals surface area contributed by atoms with Crippen LogP contribution < -0.4 is 30.4 Å². The van der Waals surface area contributed by atoms with Gasteiger partial charge in [-0.15, -0.1) is 5.10 Å². The van der Waals surface area contributed by atoms with Crippen molar-refractivity contribution in [2.24, 2.45) is 0 Å². The van der Waals surface area contributed by atoms with Gasteiger partial charge in [0.15, 0.2) is 0 Å². The highest BCUT2D eigenvalue weighted by Crippen LogP contribution is 2.18. The number of nitrogens with two attached hydrogens (primary N) is 2. The molecule has 3 aromatic rings. The van der Waals surface area contributed by atoms with Crippen molar-refractivity contribution in [2.45, 2.75) is 0 Å². The Labute approximate surface area is 142 Å². The van der Waals surface area contributed by atoms with Crippen LogP contribution in [0.2, 0.25) is 0 Å². The second-order valence-corrected chi connectivity index (χ2v) is 4.33. The number of nitrogen functional groups attached to an aromatic ring is 2. The SMILES string of the molecule is COc1cc(OC)n2nc(N)nc2n1.COc1cc(OC)nc(N)n1. The maximum atomic E-state index is 5.43. The number of aromatic nitrogens is 6. The first-order chi connectivity index (χ1) is 12.0. The molecule has 0 spiro atoms. The van der Waals surface area contributed by atoms with Crippen LogP contribution in [-0.4, -0.2) is 58.0 Å². The Kier molecular flexibility index (Phi) is 5.55. The van der Waals surface area contributed by atoms with E-state index in [2.05, 4.69) is 25.0 Å². The fraction of sp³-hybridized carbons (Fsp3) is 0.308.